The van der Waals surface area contributed by atoms with Crippen molar-refractivity contribution in [3.05, 3.63) is 34.9 Å². The first-order chi connectivity index (χ1) is 9.88. The molecule has 112 valence electrons. The van der Waals surface area contributed by atoms with E-state index in [2.05, 4.69) is 0 Å². The monoisotopic (exact) mass is 290 g/mol. The Morgan fingerprint density at radius 1 is 1.29 bits per heavy atom. The average Bonchev–Trinajstić information content (AvgIpc) is 2.45. The van der Waals surface area contributed by atoms with E-state index in [1.165, 1.54) is 11.8 Å². The van der Waals surface area contributed by atoms with E-state index in [4.69, 9.17) is 5.11 Å². The molecule has 0 unspecified atom stereocenters. The van der Waals surface area contributed by atoms with Crippen molar-refractivity contribution in [2.45, 2.75) is 19.9 Å². The minimum Gasteiger partial charge on any atom is -0.478 e. The lowest BCUT2D eigenvalue weighted by Gasteiger charge is -2.30. The maximum Gasteiger partial charge on any atom is 0.335 e. The number of carbonyl (C=O) groups excluding carboxylic acids is 2. The van der Waals surface area contributed by atoms with Gasteiger partial charge in [0, 0.05) is 27.1 Å². The summed E-state index contributed by atoms with van der Waals surface area (Å²) in [5.74, 6) is -1.26. The van der Waals surface area contributed by atoms with Crippen molar-refractivity contribution in [2.75, 3.05) is 20.1 Å². The smallest absolute Gasteiger partial charge is 0.335 e. The topological polar surface area (TPSA) is 77.9 Å². The van der Waals surface area contributed by atoms with Gasteiger partial charge in [-0.05, 0) is 29.7 Å². The van der Waals surface area contributed by atoms with Crippen LogP contribution in [-0.4, -0.2) is 52.8 Å². The minimum absolute atomic E-state index is 0.0449. The first-order valence-electron chi connectivity index (χ1n) is 6.73. The van der Waals surface area contributed by atoms with E-state index in [0.29, 0.717) is 19.5 Å². The fourth-order valence-electron chi connectivity index (χ4n) is 2.32. The molecular formula is C15H18N2O4. The summed E-state index contributed by atoms with van der Waals surface area (Å²) in [6, 6.07) is 5.01. The Bertz CT molecular complexity index is 597. The number of amides is 2. The predicted octanol–water partition coefficient (Wildman–Crippen LogP) is 0.748. The van der Waals surface area contributed by atoms with Crippen LogP contribution in [0.2, 0.25) is 0 Å². The highest BCUT2D eigenvalue weighted by molar-refractivity contribution is 5.88. The molecule has 6 nitrogen and oxygen atoms in total. The van der Waals surface area contributed by atoms with Gasteiger partial charge in [-0.2, -0.15) is 0 Å². The molecule has 0 aromatic heterocycles. The number of aromatic carboxylic acids is 1. The van der Waals surface area contributed by atoms with Crippen molar-refractivity contribution in [2.24, 2.45) is 0 Å². The third-order valence-electron chi connectivity index (χ3n) is 3.73. The van der Waals surface area contributed by atoms with E-state index in [1.807, 2.05) is 6.07 Å². The fourth-order valence-corrected chi connectivity index (χ4v) is 2.32. The Balaban J connectivity index is 2.11. The largest absolute Gasteiger partial charge is 0.478 e. The van der Waals surface area contributed by atoms with Gasteiger partial charge in [0.2, 0.25) is 11.8 Å². The SMILES string of the molecule is CC(=O)N(C)CC(=O)N1CCc2ccc(C(=O)O)cc2C1. The van der Waals surface area contributed by atoms with Crippen LogP contribution in [0.4, 0.5) is 0 Å². The molecule has 0 aliphatic carbocycles. The molecule has 1 aromatic carbocycles. The Labute approximate surface area is 123 Å². The second-order valence-corrected chi connectivity index (χ2v) is 5.23. The van der Waals surface area contributed by atoms with E-state index in [-0.39, 0.29) is 23.9 Å². The zero-order chi connectivity index (χ0) is 15.6. The molecule has 2 rings (SSSR count). The second kappa shape index (κ2) is 5.95. The van der Waals surface area contributed by atoms with E-state index in [1.54, 1.807) is 24.1 Å². The van der Waals surface area contributed by atoms with Crippen molar-refractivity contribution in [3.8, 4) is 0 Å². The molecule has 21 heavy (non-hydrogen) atoms. The van der Waals surface area contributed by atoms with Gasteiger partial charge in [0.05, 0.1) is 12.1 Å². The molecule has 1 aromatic rings. The zero-order valence-corrected chi connectivity index (χ0v) is 12.1. The Morgan fingerprint density at radius 3 is 2.62 bits per heavy atom. The summed E-state index contributed by atoms with van der Waals surface area (Å²) in [6.45, 7) is 2.44. The molecule has 0 spiro atoms. The molecule has 1 aliphatic rings. The number of benzene rings is 1. The first kappa shape index (κ1) is 15.0. The minimum atomic E-state index is -0.974. The molecule has 1 heterocycles. The van der Waals surface area contributed by atoms with E-state index >= 15 is 0 Å². The van der Waals surface area contributed by atoms with Gasteiger partial charge < -0.3 is 14.9 Å². The van der Waals surface area contributed by atoms with Gasteiger partial charge in [0.15, 0.2) is 0 Å². The molecular weight excluding hydrogens is 272 g/mol. The maximum atomic E-state index is 12.2. The molecule has 0 saturated heterocycles. The standard InChI is InChI=1S/C15H18N2O4/c1-10(18)16(2)9-14(19)17-6-5-11-3-4-12(15(20)21)7-13(11)8-17/h3-4,7H,5-6,8-9H2,1-2H3,(H,20,21). The third-order valence-corrected chi connectivity index (χ3v) is 3.73. The summed E-state index contributed by atoms with van der Waals surface area (Å²) in [5, 5.41) is 9.02. The van der Waals surface area contributed by atoms with Crippen LogP contribution in [0.3, 0.4) is 0 Å². The molecule has 0 atom stereocenters. The molecule has 1 N–H and O–H groups in total. The van der Waals surface area contributed by atoms with Crippen LogP contribution in [-0.2, 0) is 22.6 Å². The van der Waals surface area contributed by atoms with Crippen LogP contribution in [0.5, 0.6) is 0 Å². The number of carboxylic acids is 1. The van der Waals surface area contributed by atoms with Crippen molar-refractivity contribution < 1.29 is 19.5 Å². The van der Waals surface area contributed by atoms with E-state index < -0.39 is 5.97 Å². The van der Waals surface area contributed by atoms with Gasteiger partial charge in [0.25, 0.3) is 0 Å². The number of carbonyl (C=O) groups is 3. The quantitative estimate of drug-likeness (QED) is 0.891. The van der Waals surface area contributed by atoms with Gasteiger partial charge in [-0.15, -0.1) is 0 Å². The highest BCUT2D eigenvalue weighted by Crippen LogP contribution is 2.20. The predicted molar refractivity (Wildman–Crippen MR) is 75.8 cm³/mol. The summed E-state index contributed by atoms with van der Waals surface area (Å²) in [7, 11) is 1.58. The summed E-state index contributed by atoms with van der Waals surface area (Å²) in [5.41, 5.74) is 2.16. The van der Waals surface area contributed by atoms with Crippen molar-refractivity contribution >= 4 is 17.8 Å². The zero-order valence-electron chi connectivity index (χ0n) is 12.1. The second-order valence-electron chi connectivity index (χ2n) is 5.23. The van der Waals surface area contributed by atoms with Crippen LogP contribution in [0.25, 0.3) is 0 Å². The van der Waals surface area contributed by atoms with Crippen molar-refractivity contribution in [1.82, 2.24) is 9.80 Å². The Kier molecular flexibility index (Phi) is 4.26. The van der Waals surface area contributed by atoms with Crippen molar-refractivity contribution in [3.63, 3.8) is 0 Å². The molecule has 0 fully saturated rings. The first-order valence-corrected chi connectivity index (χ1v) is 6.73. The molecule has 0 radical (unpaired) electrons. The molecule has 6 heteroatoms. The van der Waals surface area contributed by atoms with E-state index in [0.717, 1.165) is 11.1 Å². The highest BCUT2D eigenvalue weighted by atomic mass is 16.4. The fraction of sp³-hybridized carbons (Fsp3) is 0.400. The average molecular weight is 290 g/mol. The normalized spacial score (nSPS) is 13.5. The molecule has 1 aliphatic heterocycles. The number of rotatable bonds is 3. The third kappa shape index (κ3) is 3.39. The number of nitrogens with zero attached hydrogens (tertiary/aromatic N) is 2. The van der Waals surface area contributed by atoms with Gasteiger partial charge in [-0.3, -0.25) is 9.59 Å². The Hall–Kier alpha value is -2.37. The highest BCUT2D eigenvalue weighted by Gasteiger charge is 2.22. The lowest BCUT2D eigenvalue weighted by Crippen LogP contribution is -2.42. The maximum absolute atomic E-state index is 12.2. The number of likely N-dealkylation sites (N-methyl/N-ethyl adjacent to an activating group) is 1. The van der Waals surface area contributed by atoms with Crippen molar-refractivity contribution in [1.29, 1.82) is 0 Å². The molecule has 0 bridgehead atoms. The van der Waals surface area contributed by atoms with Crippen LogP contribution >= 0.6 is 0 Å². The summed E-state index contributed by atoms with van der Waals surface area (Å²) >= 11 is 0. The molecule has 0 saturated carbocycles. The van der Waals surface area contributed by atoms with E-state index in [9.17, 15) is 14.4 Å². The number of fused-ring (bicyclic) bond motifs is 1. The number of carboxylic acid groups (broad SMARTS) is 1. The van der Waals surface area contributed by atoms with Crippen LogP contribution in [0.15, 0.2) is 18.2 Å². The van der Waals surface area contributed by atoms with Gasteiger partial charge in [0.1, 0.15) is 0 Å². The summed E-state index contributed by atoms with van der Waals surface area (Å²) in [6.07, 6.45) is 0.699. The summed E-state index contributed by atoms with van der Waals surface area (Å²) in [4.78, 5) is 37.4. The molecule has 2 amide bonds. The van der Waals surface area contributed by atoms with Gasteiger partial charge in [-0.1, -0.05) is 6.07 Å². The lowest BCUT2D eigenvalue weighted by atomic mass is 9.97. The van der Waals surface area contributed by atoms with Crippen LogP contribution in [0, 0.1) is 0 Å². The van der Waals surface area contributed by atoms with Gasteiger partial charge >= 0.3 is 5.97 Å². The summed E-state index contributed by atoms with van der Waals surface area (Å²) < 4.78 is 0. The number of hydrogen-bond donors (Lipinski definition) is 1. The van der Waals surface area contributed by atoms with Crippen LogP contribution < -0.4 is 0 Å². The van der Waals surface area contributed by atoms with Gasteiger partial charge in [-0.25, -0.2) is 4.79 Å². The lowest BCUT2D eigenvalue weighted by molar-refractivity contribution is -0.138. The Morgan fingerprint density at radius 2 is 2.00 bits per heavy atom. The number of hydrogen-bond acceptors (Lipinski definition) is 3. The van der Waals surface area contributed by atoms with Crippen LogP contribution in [0.1, 0.15) is 28.4 Å².